The fourth-order valence-corrected chi connectivity index (χ4v) is 3.48. The second kappa shape index (κ2) is 7.60. The second-order valence-corrected chi connectivity index (χ2v) is 6.82. The molecule has 2 aliphatic heterocycles. The minimum absolute atomic E-state index is 0.00470. The van der Waals surface area contributed by atoms with E-state index in [1.54, 1.807) is 0 Å². The van der Waals surface area contributed by atoms with Crippen LogP contribution in [0.3, 0.4) is 0 Å². The van der Waals surface area contributed by atoms with Crippen LogP contribution in [0.25, 0.3) is 0 Å². The molecular formula is C18H24BNO5. The molecule has 1 saturated heterocycles. The van der Waals surface area contributed by atoms with E-state index in [1.807, 2.05) is 25.1 Å². The summed E-state index contributed by atoms with van der Waals surface area (Å²) in [6, 6.07) is 5.92. The van der Waals surface area contributed by atoms with E-state index in [0.29, 0.717) is 31.8 Å². The summed E-state index contributed by atoms with van der Waals surface area (Å²) < 4.78 is 11.0. The molecule has 0 unspecified atom stereocenters. The third kappa shape index (κ3) is 3.89. The van der Waals surface area contributed by atoms with Crippen molar-refractivity contribution in [2.45, 2.75) is 31.6 Å². The Bertz CT molecular complexity index is 657. The van der Waals surface area contributed by atoms with Crippen molar-refractivity contribution in [2.75, 3.05) is 19.8 Å². The molecule has 2 aliphatic rings. The van der Waals surface area contributed by atoms with Gasteiger partial charge in [0, 0.05) is 29.6 Å². The zero-order valence-electron chi connectivity index (χ0n) is 14.4. The third-order valence-corrected chi connectivity index (χ3v) is 5.04. The lowest BCUT2D eigenvalue weighted by molar-refractivity contribution is -0.118. The van der Waals surface area contributed by atoms with Crippen LogP contribution >= 0.6 is 0 Å². The molecule has 0 aliphatic carbocycles. The lowest BCUT2D eigenvalue weighted by Gasteiger charge is -2.22. The second-order valence-electron chi connectivity index (χ2n) is 6.82. The van der Waals surface area contributed by atoms with Crippen LogP contribution in [0.2, 0.25) is 0 Å². The zero-order valence-corrected chi connectivity index (χ0v) is 14.4. The number of hydrogen-bond acceptors (Lipinski definition) is 5. The van der Waals surface area contributed by atoms with E-state index in [4.69, 9.17) is 9.47 Å². The van der Waals surface area contributed by atoms with Crippen LogP contribution in [-0.4, -0.2) is 48.8 Å². The number of ether oxygens (including phenoxy) is 2. The van der Waals surface area contributed by atoms with Gasteiger partial charge in [-0.05, 0) is 25.3 Å². The summed E-state index contributed by atoms with van der Waals surface area (Å²) in [5.74, 6) is -0.277. The van der Waals surface area contributed by atoms with Crippen LogP contribution in [0, 0.1) is 12.8 Å². The van der Waals surface area contributed by atoms with E-state index in [-0.39, 0.29) is 17.7 Å². The summed E-state index contributed by atoms with van der Waals surface area (Å²) in [4.78, 5) is 12.4. The number of amides is 1. The van der Waals surface area contributed by atoms with E-state index < -0.39 is 13.1 Å². The molecule has 0 bridgehead atoms. The summed E-state index contributed by atoms with van der Waals surface area (Å²) in [5.41, 5.74) is 2.53. The number of benzene rings is 1. The van der Waals surface area contributed by atoms with Crippen LogP contribution in [-0.2, 0) is 9.53 Å². The van der Waals surface area contributed by atoms with Crippen molar-refractivity contribution in [3.63, 3.8) is 0 Å². The minimum atomic E-state index is -1.65. The Balaban J connectivity index is 1.66. The number of carbonyl (C=O) groups is 1. The molecule has 2 heterocycles. The molecule has 3 atom stereocenters. The average molecular weight is 345 g/mol. The van der Waals surface area contributed by atoms with Crippen molar-refractivity contribution in [3.05, 3.63) is 41.5 Å². The molecule has 1 fully saturated rings. The maximum atomic E-state index is 12.4. The van der Waals surface area contributed by atoms with Crippen molar-refractivity contribution >= 4 is 13.0 Å². The zero-order chi connectivity index (χ0) is 18.0. The Morgan fingerprint density at radius 3 is 2.92 bits per heavy atom. The smallest absolute Gasteiger partial charge is 0.475 e. The van der Waals surface area contributed by atoms with Gasteiger partial charge in [0.15, 0.2) is 0 Å². The number of aryl methyl sites for hydroxylation is 1. The Kier molecular flexibility index (Phi) is 5.46. The van der Waals surface area contributed by atoms with Gasteiger partial charge in [-0.2, -0.15) is 0 Å². The van der Waals surface area contributed by atoms with Crippen LogP contribution < -0.4 is 10.1 Å². The quantitative estimate of drug-likeness (QED) is 0.528. The molecule has 0 aromatic heterocycles. The van der Waals surface area contributed by atoms with Gasteiger partial charge >= 0.3 is 7.12 Å². The van der Waals surface area contributed by atoms with Crippen molar-refractivity contribution in [3.8, 4) is 5.75 Å². The first kappa shape index (κ1) is 18.0. The van der Waals surface area contributed by atoms with Gasteiger partial charge in [0.1, 0.15) is 5.75 Å². The van der Waals surface area contributed by atoms with E-state index in [2.05, 4.69) is 11.9 Å². The van der Waals surface area contributed by atoms with E-state index in [9.17, 15) is 14.8 Å². The van der Waals surface area contributed by atoms with Crippen molar-refractivity contribution < 1.29 is 24.3 Å². The molecule has 3 rings (SSSR count). The maximum Gasteiger partial charge on any atom is 0.475 e. The Morgan fingerprint density at radius 2 is 2.24 bits per heavy atom. The summed E-state index contributed by atoms with van der Waals surface area (Å²) in [6.45, 7) is 7.41. The van der Waals surface area contributed by atoms with Gasteiger partial charge in [-0.25, -0.2) is 0 Å². The van der Waals surface area contributed by atoms with Crippen molar-refractivity contribution in [2.24, 2.45) is 5.92 Å². The first-order valence-electron chi connectivity index (χ1n) is 8.63. The van der Waals surface area contributed by atoms with Crippen LogP contribution in [0.5, 0.6) is 5.75 Å². The molecule has 0 saturated carbocycles. The predicted molar refractivity (Wildman–Crippen MR) is 94.2 cm³/mol. The fourth-order valence-electron chi connectivity index (χ4n) is 3.48. The van der Waals surface area contributed by atoms with Crippen LogP contribution in [0.1, 0.15) is 29.9 Å². The molecule has 1 amide bonds. The number of hydrogen-bond donors (Lipinski definition) is 3. The summed E-state index contributed by atoms with van der Waals surface area (Å²) in [6.07, 6.45) is 1.15. The van der Waals surface area contributed by atoms with Crippen molar-refractivity contribution in [1.82, 2.24) is 5.32 Å². The van der Waals surface area contributed by atoms with E-state index in [1.165, 1.54) is 0 Å². The Morgan fingerprint density at radius 1 is 1.44 bits per heavy atom. The number of rotatable bonds is 6. The monoisotopic (exact) mass is 345 g/mol. The van der Waals surface area contributed by atoms with Crippen LogP contribution in [0.4, 0.5) is 0 Å². The predicted octanol–water partition coefficient (Wildman–Crippen LogP) is 0.951. The van der Waals surface area contributed by atoms with Gasteiger partial charge in [0.2, 0.25) is 5.91 Å². The summed E-state index contributed by atoms with van der Waals surface area (Å²) in [5, 5.41) is 22.1. The lowest BCUT2D eigenvalue weighted by Crippen LogP contribution is -2.48. The van der Waals surface area contributed by atoms with Gasteiger partial charge in [0.25, 0.3) is 0 Å². The molecule has 134 valence electrons. The highest BCUT2D eigenvalue weighted by molar-refractivity contribution is 6.43. The van der Waals surface area contributed by atoms with Gasteiger partial charge < -0.3 is 24.8 Å². The Labute approximate surface area is 148 Å². The number of nitrogens with one attached hydrogen (secondary N) is 1. The summed E-state index contributed by atoms with van der Waals surface area (Å²) in [7, 11) is -1.65. The van der Waals surface area contributed by atoms with E-state index >= 15 is 0 Å². The normalized spacial score (nSPS) is 22.8. The van der Waals surface area contributed by atoms with Gasteiger partial charge in [0.05, 0.1) is 19.2 Å². The topological polar surface area (TPSA) is 88.0 Å². The van der Waals surface area contributed by atoms with Crippen molar-refractivity contribution in [1.29, 1.82) is 0 Å². The molecular weight excluding hydrogens is 321 g/mol. The SMILES string of the molecule is C=C(C(=O)N[C@@H](C[C@@H]1COc2c(C)cccc21)B(O)O)[C@@H]1CCOC1. The van der Waals surface area contributed by atoms with Gasteiger partial charge in [-0.15, -0.1) is 0 Å². The highest BCUT2D eigenvalue weighted by atomic mass is 16.5. The molecule has 1 aromatic rings. The lowest BCUT2D eigenvalue weighted by atomic mass is 9.73. The number of para-hydroxylation sites is 1. The number of fused-ring (bicyclic) bond motifs is 1. The van der Waals surface area contributed by atoms with Gasteiger partial charge in [-0.3, -0.25) is 4.79 Å². The number of carbonyl (C=O) groups excluding carboxylic acids is 1. The average Bonchev–Trinajstić information content (AvgIpc) is 3.24. The molecule has 3 N–H and O–H groups in total. The molecule has 0 radical (unpaired) electrons. The fraction of sp³-hybridized carbons (Fsp3) is 0.500. The highest BCUT2D eigenvalue weighted by Gasteiger charge is 2.34. The molecule has 6 nitrogen and oxygen atoms in total. The molecule has 0 spiro atoms. The molecule has 25 heavy (non-hydrogen) atoms. The maximum absolute atomic E-state index is 12.4. The Hall–Kier alpha value is -1.83. The van der Waals surface area contributed by atoms with E-state index in [0.717, 1.165) is 23.3 Å². The summed E-state index contributed by atoms with van der Waals surface area (Å²) >= 11 is 0. The third-order valence-electron chi connectivity index (χ3n) is 5.04. The molecule has 7 heteroatoms. The van der Waals surface area contributed by atoms with Gasteiger partial charge in [-0.1, -0.05) is 24.8 Å². The minimum Gasteiger partial charge on any atom is -0.492 e. The standard InChI is InChI=1S/C18H24BNO5/c1-11-4-3-5-15-14(10-25-17(11)15)8-16(19(22)23)20-18(21)12(2)13-6-7-24-9-13/h3-5,13-14,16,22-23H,2,6-10H2,1H3,(H,20,21)/t13-,14-,16+/m1/s1. The first-order valence-corrected chi connectivity index (χ1v) is 8.63. The molecule has 1 aromatic carbocycles. The first-order chi connectivity index (χ1) is 12.0. The largest absolute Gasteiger partial charge is 0.492 e. The van der Waals surface area contributed by atoms with Crippen LogP contribution in [0.15, 0.2) is 30.4 Å². The highest BCUT2D eigenvalue weighted by Crippen LogP contribution is 2.38.